The lowest BCUT2D eigenvalue weighted by atomic mass is 10.1. The minimum absolute atomic E-state index is 0.706. The van der Waals surface area contributed by atoms with Gasteiger partial charge in [-0.15, -0.1) is 0 Å². The van der Waals surface area contributed by atoms with Gasteiger partial charge in [-0.2, -0.15) is 0 Å². The Morgan fingerprint density at radius 2 is 1.18 bits per heavy atom. The van der Waals surface area contributed by atoms with Crippen molar-refractivity contribution in [1.82, 2.24) is 4.57 Å². The quantitative estimate of drug-likeness (QED) is 0.336. The molecule has 0 spiro atoms. The van der Waals surface area contributed by atoms with E-state index in [4.69, 9.17) is 4.42 Å². The Morgan fingerprint density at radius 1 is 0.607 bits per heavy atom. The van der Waals surface area contributed by atoms with Gasteiger partial charge in [0.25, 0.3) is 0 Å². The molecule has 3 heteroatoms. The molecule has 0 saturated heterocycles. The fourth-order valence-electron chi connectivity index (χ4n) is 4.36. The van der Waals surface area contributed by atoms with E-state index in [1.165, 1.54) is 37.8 Å². The number of furan rings is 1. The van der Waals surface area contributed by atoms with E-state index in [2.05, 4.69) is 96.0 Å². The first-order valence-corrected chi connectivity index (χ1v) is 11.0. The molecule has 2 nitrogen and oxygen atoms in total. The summed E-state index contributed by atoms with van der Waals surface area (Å²) in [4.78, 5) is 0. The van der Waals surface area contributed by atoms with E-state index in [1.807, 2.05) is 0 Å². The van der Waals surface area contributed by atoms with Gasteiger partial charge in [-0.05, 0) is 23.4 Å². The molecule has 0 aliphatic rings. The second kappa shape index (κ2) is 5.85. The molecule has 132 valence electrons. The van der Waals surface area contributed by atoms with Gasteiger partial charge < -0.3 is 8.98 Å². The molecule has 0 saturated carbocycles. The van der Waals surface area contributed by atoms with Crippen LogP contribution in [0.4, 0.5) is 0 Å². The van der Waals surface area contributed by atoms with Crippen molar-refractivity contribution < 1.29 is 4.42 Å². The summed E-state index contributed by atoms with van der Waals surface area (Å²) in [5, 5.41) is 6.18. The lowest BCUT2D eigenvalue weighted by Crippen LogP contribution is -2.09. The van der Waals surface area contributed by atoms with Crippen LogP contribution in [-0.4, -0.2) is 14.1 Å². The molecule has 4 aromatic carbocycles. The van der Waals surface area contributed by atoms with Gasteiger partial charge in [-0.25, -0.2) is 0 Å². The first-order valence-electron chi connectivity index (χ1n) is 9.47. The molecule has 6 aromatic rings. The number of para-hydroxylation sites is 4. The predicted octanol–water partition coefficient (Wildman–Crippen LogP) is 6.06. The summed E-state index contributed by atoms with van der Waals surface area (Å²) in [6.07, 6.45) is 0. The summed E-state index contributed by atoms with van der Waals surface area (Å²) in [6, 6.07) is 30.1. The Labute approximate surface area is 164 Å². The third kappa shape index (κ3) is 2.02. The molecular formula is C25H17NOSi. The molecule has 2 aromatic heterocycles. The lowest BCUT2D eigenvalue weighted by molar-refractivity contribution is 0.669. The number of fused-ring (bicyclic) bond motifs is 6. The maximum absolute atomic E-state index is 6.51. The molecule has 2 heterocycles. The first-order chi connectivity index (χ1) is 13.9. The topological polar surface area (TPSA) is 18.1 Å². The minimum atomic E-state index is 0.706. The summed E-state index contributed by atoms with van der Waals surface area (Å²) < 4.78 is 8.85. The Bertz CT molecular complexity index is 1450. The van der Waals surface area contributed by atoms with Gasteiger partial charge in [0.2, 0.25) is 0 Å². The molecule has 0 aliphatic carbocycles. The van der Waals surface area contributed by atoms with Crippen molar-refractivity contribution in [1.29, 1.82) is 0 Å². The van der Waals surface area contributed by atoms with E-state index in [1.54, 1.807) is 0 Å². The zero-order valence-electron chi connectivity index (χ0n) is 15.4. The van der Waals surface area contributed by atoms with Crippen LogP contribution >= 0.6 is 0 Å². The van der Waals surface area contributed by atoms with Gasteiger partial charge in [0.1, 0.15) is 5.58 Å². The van der Waals surface area contributed by atoms with Gasteiger partial charge in [-0.1, -0.05) is 73.3 Å². The van der Waals surface area contributed by atoms with E-state index in [0.717, 1.165) is 16.9 Å². The average Bonchev–Trinajstić information content (AvgIpc) is 3.30. The molecule has 2 radical (unpaired) electrons. The van der Waals surface area contributed by atoms with Crippen LogP contribution in [0.2, 0.25) is 6.55 Å². The van der Waals surface area contributed by atoms with E-state index in [-0.39, 0.29) is 0 Å². The standard InChI is InChI=1S/C25H17NOSi/c1-28-23-15-7-11-19-18-10-6-14-22(24(18)27-25(19)23)26-20-12-4-2-8-16(20)17-9-3-5-13-21(17)26/h2-15H,1H3. The fourth-order valence-corrected chi connectivity index (χ4v) is 5.04. The summed E-state index contributed by atoms with van der Waals surface area (Å²) in [5.41, 5.74) is 5.47. The maximum atomic E-state index is 6.51. The Kier molecular flexibility index (Phi) is 3.28. The summed E-state index contributed by atoms with van der Waals surface area (Å²) >= 11 is 0. The van der Waals surface area contributed by atoms with Crippen molar-refractivity contribution in [3.63, 3.8) is 0 Å². The molecule has 0 atom stereocenters. The van der Waals surface area contributed by atoms with Crippen LogP contribution < -0.4 is 5.19 Å². The molecular weight excluding hydrogens is 358 g/mol. The number of nitrogens with zero attached hydrogens (tertiary/aromatic N) is 1. The van der Waals surface area contributed by atoms with Crippen molar-refractivity contribution in [3.05, 3.63) is 84.9 Å². The third-order valence-electron chi connectivity index (χ3n) is 5.59. The van der Waals surface area contributed by atoms with E-state index in [0.29, 0.717) is 9.52 Å². The fraction of sp³-hybridized carbons (Fsp3) is 0.0400. The smallest absolute Gasteiger partial charge is 0.159 e. The van der Waals surface area contributed by atoms with Gasteiger partial charge in [0, 0.05) is 21.5 Å². The van der Waals surface area contributed by atoms with Crippen molar-refractivity contribution in [3.8, 4) is 5.69 Å². The van der Waals surface area contributed by atoms with Gasteiger partial charge in [0.15, 0.2) is 5.58 Å². The molecule has 0 N–H and O–H groups in total. The number of hydrogen-bond donors (Lipinski definition) is 0. The Hall–Kier alpha value is -3.30. The summed E-state index contributed by atoms with van der Waals surface area (Å²) in [6.45, 7) is 2.20. The van der Waals surface area contributed by atoms with Crippen LogP contribution in [-0.2, 0) is 0 Å². The Balaban J connectivity index is 1.81. The largest absolute Gasteiger partial charge is 0.454 e. The van der Waals surface area contributed by atoms with Crippen LogP contribution in [0.5, 0.6) is 0 Å². The second-order valence-corrected chi connectivity index (χ2v) is 8.10. The minimum Gasteiger partial charge on any atom is -0.454 e. The lowest BCUT2D eigenvalue weighted by Gasteiger charge is -2.08. The number of aromatic nitrogens is 1. The SMILES string of the molecule is C[Si]c1cccc2c1oc1c(-n3c4ccccc4c4ccccc43)cccc12. The molecule has 0 fully saturated rings. The molecule has 6 rings (SSSR count). The number of benzene rings is 4. The normalized spacial score (nSPS) is 11.9. The highest BCUT2D eigenvalue weighted by Gasteiger charge is 2.17. The third-order valence-corrected chi connectivity index (χ3v) is 6.53. The number of rotatable bonds is 2. The number of hydrogen-bond acceptors (Lipinski definition) is 1. The van der Waals surface area contributed by atoms with Crippen LogP contribution in [0.3, 0.4) is 0 Å². The predicted molar refractivity (Wildman–Crippen MR) is 119 cm³/mol. The second-order valence-electron chi connectivity index (χ2n) is 7.06. The molecule has 0 unspecified atom stereocenters. The first kappa shape index (κ1) is 15.7. The molecule has 0 amide bonds. The monoisotopic (exact) mass is 375 g/mol. The molecule has 0 bridgehead atoms. The highest BCUT2D eigenvalue weighted by atomic mass is 28.2. The van der Waals surface area contributed by atoms with Crippen molar-refractivity contribution >= 4 is 58.5 Å². The van der Waals surface area contributed by atoms with Crippen molar-refractivity contribution in [2.24, 2.45) is 0 Å². The maximum Gasteiger partial charge on any atom is 0.159 e. The van der Waals surface area contributed by atoms with Crippen LogP contribution in [0, 0.1) is 0 Å². The zero-order chi connectivity index (χ0) is 18.7. The highest BCUT2D eigenvalue weighted by molar-refractivity contribution is 6.55. The summed E-state index contributed by atoms with van der Waals surface area (Å²) in [5.74, 6) is 0. The van der Waals surface area contributed by atoms with Crippen molar-refractivity contribution in [2.75, 3.05) is 0 Å². The van der Waals surface area contributed by atoms with Crippen LogP contribution in [0.1, 0.15) is 0 Å². The van der Waals surface area contributed by atoms with E-state index < -0.39 is 0 Å². The van der Waals surface area contributed by atoms with Gasteiger partial charge in [-0.3, -0.25) is 0 Å². The van der Waals surface area contributed by atoms with Gasteiger partial charge >= 0.3 is 0 Å². The highest BCUT2D eigenvalue weighted by Crippen LogP contribution is 2.37. The van der Waals surface area contributed by atoms with Gasteiger partial charge in [0.05, 0.1) is 26.2 Å². The van der Waals surface area contributed by atoms with Crippen molar-refractivity contribution in [2.45, 2.75) is 6.55 Å². The zero-order valence-corrected chi connectivity index (χ0v) is 16.4. The molecule has 28 heavy (non-hydrogen) atoms. The van der Waals surface area contributed by atoms with Crippen LogP contribution in [0.15, 0.2) is 89.3 Å². The van der Waals surface area contributed by atoms with E-state index >= 15 is 0 Å². The van der Waals surface area contributed by atoms with E-state index in [9.17, 15) is 0 Å². The van der Waals surface area contributed by atoms with Crippen LogP contribution in [0.25, 0.3) is 49.4 Å². The summed E-state index contributed by atoms with van der Waals surface area (Å²) in [7, 11) is 0.706. The Morgan fingerprint density at radius 3 is 1.86 bits per heavy atom. The average molecular weight is 376 g/mol. The molecule has 0 aliphatic heterocycles.